The summed E-state index contributed by atoms with van der Waals surface area (Å²) >= 11 is 0. The van der Waals surface area contributed by atoms with Crippen molar-refractivity contribution in [3.63, 3.8) is 0 Å². The Labute approximate surface area is 250 Å². The van der Waals surface area contributed by atoms with Crippen LogP contribution in [-0.4, -0.2) is 16.2 Å². The molecule has 4 nitrogen and oxygen atoms in total. The van der Waals surface area contributed by atoms with Gasteiger partial charge in [-0.1, -0.05) is 130 Å². The van der Waals surface area contributed by atoms with Gasteiger partial charge in [0.15, 0.2) is 5.60 Å². The molecule has 0 unspecified atom stereocenters. The SMILES string of the molecule is C=CC(=O)OC(CCCCCCCCCCC)(c1cc(C)cc(C(C)(C)C)c1O)c1cc(C)cc(C(C)(C)C)c1O. The highest BCUT2D eigenvalue weighted by molar-refractivity contribution is 5.82. The van der Waals surface area contributed by atoms with Crippen molar-refractivity contribution in [3.05, 3.63) is 70.3 Å². The summed E-state index contributed by atoms with van der Waals surface area (Å²) in [5.41, 5.74) is 2.41. The maximum atomic E-state index is 13.1. The first-order valence-corrected chi connectivity index (χ1v) is 15.6. The zero-order chi connectivity index (χ0) is 31.0. The number of aromatic hydroxyl groups is 2. The van der Waals surface area contributed by atoms with E-state index in [-0.39, 0.29) is 22.3 Å². The molecule has 0 saturated carbocycles. The molecule has 0 atom stereocenters. The zero-order valence-corrected chi connectivity index (χ0v) is 27.4. The Kier molecular flexibility index (Phi) is 12.1. The Morgan fingerprint density at radius 3 is 1.44 bits per heavy atom. The van der Waals surface area contributed by atoms with Crippen LogP contribution in [0.1, 0.15) is 146 Å². The standard InChI is InChI=1S/C37H56O4/c1-11-13-14-15-16-17-18-19-20-21-37(41-32(38)12-2,30-24-26(3)22-28(33(30)39)35(5,6)7)31-25-27(4)23-29(34(31)40)36(8,9)10/h12,22-25,39-40H,2,11,13-21H2,1,3-10H3. The molecule has 0 amide bonds. The minimum atomic E-state index is -1.39. The topological polar surface area (TPSA) is 66.8 Å². The summed E-state index contributed by atoms with van der Waals surface area (Å²) in [6.45, 7) is 22.3. The van der Waals surface area contributed by atoms with Crippen LogP contribution in [0, 0.1) is 13.8 Å². The van der Waals surface area contributed by atoms with Crippen LogP contribution in [0.4, 0.5) is 0 Å². The average molecular weight is 565 g/mol. The Hall–Kier alpha value is -2.75. The number of hydrogen-bond donors (Lipinski definition) is 2. The number of carbonyl (C=O) groups excluding carboxylic acids is 1. The lowest BCUT2D eigenvalue weighted by atomic mass is 9.74. The van der Waals surface area contributed by atoms with Crippen molar-refractivity contribution in [1.82, 2.24) is 0 Å². The van der Waals surface area contributed by atoms with Crippen LogP contribution in [-0.2, 0) is 26.0 Å². The third kappa shape index (κ3) is 8.87. The van der Waals surface area contributed by atoms with E-state index in [0.717, 1.165) is 41.5 Å². The Bertz CT molecular complexity index is 1110. The molecule has 0 bridgehead atoms. The quantitative estimate of drug-likeness (QED) is 0.136. The van der Waals surface area contributed by atoms with E-state index in [2.05, 4.69) is 55.0 Å². The summed E-state index contributed by atoms with van der Waals surface area (Å²) in [5.74, 6) is -0.374. The zero-order valence-electron chi connectivity index (χ0n) is 27.4. The highest BCUT2D eigenvalue weighted by Gasteiger charge is 2.44. The van der Waals surface area contributed by atoms with E-state index < -0.39 is 11.6 Å². The number of carbonyl (C=O) groups is 1. The number of unbranched alkanes of at least 4 members (excludes halogenated alkanes) is 8. The molecule has 0 radical (unpaired) electrons. The van der Waals surface area contributed by atoms with Gasteiger partial charge in [-0.15, -0.1) is 0 Å². The Balaban J connectivity index is 2.74. The van der Waals surface area contributed by atoms with Crippen molar-refractivity contribution in [1.29, 1.82) is 0 Å². The van der Waals surface area contributed by atoms with Crippen LogP contribution in [0.5, 0.6) is 11.5 Å². The maximum Gasteiger partial charge on any atom is 0.331 e. The summed E-state index contributed by atoms with van der Waals surface area (Å²) in [4.78, 5) is 13.1. The van der Waals surface area contributed by atoms with E-state index >= 15 is 0 Å². The van der Waals surface area contributed by atoms with Gasteiger partial charge in [0.2, 0.25) is 0 Å². The maximum absolute atomic E-state index is 13.1. The van der Waals surface area contributed by atoms with Crippen molar-refractivity contribution in [2.45, 2.75) is 143 Å². The smallest absolute Gasteiger partial charge is 0.331 e. The average Bonchev–Trinajstić information content (AvgIpc) is 2.88. The van der Waals surface area contributed by atoms with E-state index in [1.165, 1.54) is 44.6 Å². The molecular weight excluding hydrogens is 508 g/mol. The monoisotopic (exact) mass is 564 g/mol. The van der Waals surface area contributed by atoms with Crippen LogP contribution < -0.4 is 0 Å². The van der Waals surface area contributed by atoms with Gasteiger partial charge >= 0.3 is 5.97 Å². The second kappa shape index (κ2) is 14.4. The highest BCUT2D eigenvalue weighted by atomic mass is 16.6. The fraction of sp³-hybridized carbons (Fsp3) is 0.595. The van der Waals surface area contributed by atoms with Crippen LogP contribution in [0.3, 0.4) is 0 Å². The molecule has 0 aliphatic rings. The van der Waals surface area contributed by atoms with Crippen LogP contribution in [0.15, 0.2) is 36.9 Å². The first-order valence-electron chi connectivity index (χ1n) is 15.6. The normalized spacial score (nSPS) is 12.4. The lowest BCUT2D eigenvalue weighted by molar-refractivity contribution is -0.151. The van der Waals surface area contributed by atoms with Crippen molar-refractivity contribution in [2.75, 3.05) is 0 Å². The predicted octanol–water partition coefficient (Wildman–Crippen LogP) is 10.2. The van der Waals surface area contributed by atoms with Crippen molar-refractivity contribution in [3.8, 4) is 11.5 Å². The van der Waals surface area contributed by atoms with Crippen molar-refractivity contribution < 1.29 is 19.7 Å². The first kappa shape index (κ1) is 34.5. The van der Waals surface area contributed by atoms with Crippen molar-refractivity contribution in [2.24, 2.45) is 0 Å². The van der Waals surface area contributed by atoms with Gasteiger partial charge in [-0.3, -0.25) is 0 Å². The van der Waals surface area contributed by atoms with Gasteiger partial charge in [-0.05, 0) is 60.8 Å². The van der Waals surface area contributed by atoms with Crippen molar-refractivity contribution >= 4 is 5.97 Å². The van der Waals surface area contributed by atoms with Gasteiger partial charge in [0.25, 0.3) is 0 Å². The fourth-order valence-electron chi connectivity index (χ4n) is 5.79. The summed E-state index contributed by atoms with van der Waals surface area (Å²) in [7, 11) is 0. The van der Waals surface area contributed by atoms with Crippen LogP contribution in [0.25, 0.3) is 0 Å². The Morgan fingerprint density at radius 1 is 0.707 bits per heavy atom. The van der Waals surface area contributed by atoms with Gasteiger partial charge in [0.05, 0.1) is 0 Å². The minimum Gasteiger partial charge on any atom is -0.507 e. The number of phenolic OH excluding ortho intramolecular Hbond substituents is 2. The molecule has 2 aromatic carbocycles. The van der Waals surface area contributed by atoms with Crippen LogP contribution >= 0.6 is 0 Å². The van der Waals surface area contributed by atoms with E-state index in [4.69, 9.17) is 4.74 Å². The summed E-state index contributed by atoms with van der Waals surface area (Å²) in [6.07, 6.45) is 12.0. The third-order valence-corrected chi connectivity index (χ3v) is 8.07. The second-order valence-electron chi connectivity index (χ2n) is 13.9. The molecule has 0 heterocycles. The first-order chi connectivity index (χ1) is 19.1. The fourth-order valence-corrected chi connectivity index (χ4v) is 5.79. The van der Waals surface area contributed by atoms with Crippen LogP contribution in [0.2, 0.25) is 0 Å². The molecule has 2 aromatic rings. The van der Waals surface area contributed by atoms with E-state index in [1.807, 2.05) is 38.1 Å². The molecule has 0 saturated heterocycles. The lowest BCUT2D eigenvalue weighted by Gasteiger charge is -2.38. The summed E-state index contributed by atoms with van der Waals surface area (Å²) in [6, 6.07) is 7.81. The number of benzene rings is 2. The largest absolute Gasteiger partial charge is 0.507 e. The summed E-state index contributed by atoms with van der Waals surface area (Å²) in [5, 5.41) is 23.7. The number of hydrogen-bond acceptors (Lipinski definition) is 4. The Morgan fingerprint density at radius 2 is 1.07 bits per heavy atom. The third-order valence-electron chi connectivity index (χ3n) is 8.07. The number of esters is 1. The molecule has 41 heavy (non-hydrogen) atoms. The number of phenols is 2. The predicted molar refractivity (Wildman–Crippen MR) is 172 cm³/mol. The van der Waals surface area contributed by atoms with Gasteiger partial charge in [0, 0.05) is 17.2 Å². The molecule has 2 rings (SSSR count). The summed E-state index contributed by atoms with van der Waals surface area (Å²) < 4.78 is 6.36. The number of ether oxygens (including phenoxy) is 1. The second-order valence-corrected chi connectivity index (χ2v) is 13.9. The van der Waals surface area contributed by atoms with E-state index in [1.54, 1.807) is 0 Å². The molecule has 0 fully saturated rings. The molecular formula is C37H56O4. The lowest BCUT2D eigenvalue weighted by Crippen LogP contribution is -2.35. The molecule has 0 aliphatic carbocycles. The van der Waals surface area contributed by atoms with Gasteiger partial charge in [0.1, 0.15) is 11.5 Å². The van der Waals surface area contributed by atoms with Gasteiger partial charge in [-0.2, -0.15) is 0 Å². The van der Waals surface area contributed by atoms with E-state index in [0.29, 0.717) is 17.5 Å². The molecule has 228 valence electrons. The van der Waals surface area contributed by atoms with Gasteiger partial charge < -0.3 is 14.9 Å². The molecule has 0 aromatic heterocycles. The molecule has 2 N–H and O–H groups in total. The number of rotatable bonds is 14. The minimum absolute atomic E-state index is 0.106. The van der Waals surface area contributed by atoms with E-state index in [9.17, 15) is 15.0 Å². The molecule has 4 heteroatoms. The van der Waals surface area contributed by atoms with Gasteiger partial charge in [-0.25, -0.2) is 4.79 Å². The highest BCUT2D eigenvalue weighted by Crippen LogP contribution is 2.51. The molecule has 0 aliphatic heterocycles. The molecule has 0 spiro atoms. The number of aryl methyl sites for hydroxylation is 2.